The molecule has 0 spiro atoms. The van der Waals surface area contributed by atoms with Crippen molar-refractivity contribution in [2.24, 2.45) is 5.73 Å². The monoisotopic (exact) mass is 397 g/mol. The van der Waals surface area contributed by atoms with E-state index in [2.05, 4.69) is 10.3 Å². The summed E-state index contributed by atoms with van der Waals surface area (Å²) < 4.78 is 5.79. The van der Waals surface area contributed by atoms with Gasteiger partial charge in [0.05, 0.1) is 22.5 Å². The topological polar surface area (TPSA) is 94.3 Å². The lowest BCUT2D eigenvalue weighted by molar-refractivity contribution is 0.100. The van der Waals surface area contributed by atoms with Gasteiger partial charge in [0.2, 0.25) is 0 Å². The van der Waals surface area contributed by atoms with Crippen LogP contribution in [0.25, 0.3) is 10.9 Å². The van der Waals surface area contributed by atoms with Gasteiger partial charge < -0.3 is 15.8 Å². The summed E-state index contributed by atoms with van der Waals surface area (Å²) >= 11 is 0. The quantitative estimate of drug-likeness (QED) is 0.511. The van der Waals surface area contributed by atoms with Crippen LogP contribution in [0.3, 0.4) is 0 Å². The van der Waals surface area contributed by atoms with Crippen molar-refractivity contribution in [2.75, 3.05) is 5.32 Å². The number of nitrogens with zero attached hydrogens (tertiary/aromatic N) is 1. The molecule has 1 heterocycles. The molecule has 4 aromatic rings. The van der Waals surface area contributed by atoms with Crippen LogP contribution in [0, 0.1) is 0 Å². The molecule has 6 heteroatoms. The zero-order valence-corrected chi connectivity index (χ0v) is 16.0. The molecule has 3 N–H and O–H groups in total. The number of amides is 2. The van der Waals surface area contributed by atoms with Crippen LogP contribution in [-0.4, -0.2) is 16.8 Å². The van der Waals surface area contributed by atoms with E-state index in [1.54, 1.807) is 48.5 Å². The normalized spacial score (nSPS) is 10.5. The predicted molar refractivity (Wildman–Crippen MR) is 115 cm³/mol. The van der Waals surface area contributed by atoms with Crippen molar-refractivity contribution < 1.29 is 14.3 Å². The Hall–Kier alpha value is -4.19. The van der Waals surface area contributed by atoms with Crippen LogP contribution < -0.4 is 15.8 Å². The highest BCUT2D eigenvalue weighted by atomic mass is 16.5. The molecule has 3 aromatic carbocycles. The first-order valence-corrected chi connectivity index (χ1v) is 9.38. The molecule has 148 valence electrons. The van der Waals surface area contributed by atoms with Gasteiger partial charge in [-0.15, -0.1) is 0 Å². The zero-order valence-electron chi connectivity index (χ0n) is 16.0. The summed E-state index contributed by atoms with van der Waals surface area (Å²) in [5, 5.41) is 3.79. The SMILES string of the molecule is NC(=O)c1ccccc1NC(=O)c1ccc(OCc2ccc3ccccc3n2)cc1. The highest BCUT2D eigenvalue weighted by molar-refractivity contribution is 6.08. The third-order valence-corrected chi connectivity index (χ3v) is 4.60. The van der Waals surface area contributed by atoms with E-state index in [0.717, 1.165) is 16.6 Å². The molecule has 30 heavy (non-hydrogen) atoms. The Morgan fingerprint density at radius 3 is 2.40 bits per heavy atom. The van der Waals surface area contributed by atoms with Gasteiger partial charge in [-0.05, 0) is 48.5 Å². The maximum atomic E-state index is 12.5. The number of pyridine rings is 1. The Morgan fingerprint density at radius 2 is 1.60 bits per heavy atom. The number of anilines is 1. The number of benzene rings is 3. The fourth-order valence-corrected chi connectivity index (χ4v) is 3.05. The summed E-state index contributed by atoms with van der Waals surface area (Å²) in [7, 11) is 0. The van der Waals surface area contributed by atoms with E-state index < -0.39 is 5.91 Å². The highest BCUT2D eigenvalue weighted by Crippen LogP contribution is 2.19. The number of carbonyl (C=O) groups is 2. The van der Waals surface area contributed by atoms with Gasteiger partial charge in [-0.3, -0.25) is 9.59 Å². The Bertz CT molecular complexity index is 1220. The van der Waals surface area contributed by atoms with Crippen LogP contribution in [0.5, 0.6) is 5.75 Å². The number of hydrogen-bond acceptors (Lipinski definition) is 4. The Kier molecular flexibility index (Phi) is 5.39. The molecule has 0 atom stereocenters. The molecule has 4 rings (SSSR count). The molecule has 0 bridgehead atoms. The Balaban J connectivity index is 1.41. The van der Waals surface area contributed by atoms with E-state index in [0.29, 0.717) is 23.6 Å². The smallest absolute Gasteiger partial charge is 0.255 e. The number of hydrogen-bond donors (Lipinski definition) is 2. The van der Waals surface area contributed by atoms with Gasteiger partial charge in [-0.2, -0.15) is 0 Å². The maximum Gasteiger partial charge on any atom is 0.255 e. The van der Waals surface area contributed by atoms with Gasteiger partial charge in [-0.25, -0.2) is 4.98 Å². The number of ether oxygens (including phenoxy) is 1. The lowest BCUT2D eigenvalue weighted by Gasteiger charge is -2.10. The number of fused-ring (bicyclic) bond motifs is 1. The van der Waals surface area contributed by atoms with Gasteiger partial charge in [0.15, 0.2) is 0 Å². The van der Waals surface area contributed by atoms with Crippen LogP contribution in [0.2, 0.25) is 0 Å². The second-order valence-electron chi connectivity index (χ2n) is 6.67. The van der Waals surface area contributed by atoms with Crippen LogP contribution in [0.1, 0.15) is 26.4 Å². The van der Waals surface area contributed by atoms with E-state index in [9.17, 15) is 9.59 Å². The Labute approximate surface area is 173 Å². The average Bonchev–Trinajstić information content (AvgIpc) is 2.78. The van der Waals surface area contributed by atoms with E-state index in [-0.39, 0.29) is 11.5 Å². The van der Waals surface area contributed by atoms with E-state index in [1.165, 1.54) is 0 Å². The number of primary amides is 1. The number of nitrogens with two attached hydrogens (primary N) is 1. The Morgan fingerprint density at radius 1 is 0.867 bits per heavy atom. The minimum atomic E-state index is -0.600. The summed E-state index contributed by atoms with van der Waals surface area (Å²) in [5.41, 5.74) is 8.15. The van der Waals surface area contributed by atoms with Crippen LogP contribution >= 0.6 is 0 Å². The molecular weight excluding hydrogens is 378 g/mol. The first-order chi connectivity index (χ1) is 14.6. The number of rotatable bonds is 6. The minimum absolute atomic E-state index is 0.258. The molecule has 0 radical (unpaired) electrons. The van der Waals surface area contributed by atoms with Crippen molar-refractivity contribution >= 4 is 28.4 Å². The fourth-order valence-electron chi connectivity index (χ4n) is 3.05. The first-order valence-electron chi connectivity index (χ1n) is 9.38. The zero-order chi connectivity index (χ0) is 20.9. The number of nitrogens with one attached hydrogen (secondary N) is 1. The number of carbonyl (C=O) groups excluding carboxylic acids is 2. The van der Waals surface area contributed by atoms with E-state index in [4.69, 9.17) is 10.5 Å². The maximum absolute atomic E-state index is 12.5. The third-order valence-electron chi connectivity index (χ3n) is 4.60. The summed E-state index contributed by atoms with van der Waals surface area (Å²) in [5.74, 6) is -0.317. The lowest BCUT2D eigenvalue weighted by Crippen LogP contribution is -2.18. The molecule has 1 aromatic heterocycles. The molecule has 0 aliphatic heterocycles. The van der Waals surface area contributed by atoms with Crippen molar-refractivity contribution in [1.29, 1.82) is 0 Å². The van der Waals surface area contributed by atoms with E-state index >= 15 is 0 Å². The van der Waals surface area contributed by atoms with Crippen molar-refractivity contribution in [1.82, 2.24) is 4.98 Å². The molecule has 0 fully saturated rings. The molecule has 6 nitrogen and oxygen atoms in total. The van der Waals surface area contributed by atoms with Crippen molar-refractivity contribution in [2.45, 2.75) is 6.61 Å². The summed E-state index contributed by atoms with van der Waals surface area (Å²) in [6.07, 6.45) is 0. The molecule has 0 aliphatic rings. The standard InChI is InChI=1S/C24H19N3O3/c25-23(28)20-6-2-4-8-22(20)27-24(29)17-10-13-19(14-11-17)30-15-18-12-9-16-5-1-3-7-21(16)26-18/h1-14H,15H2,(H2,25,28)(H,27,29). The summed E-state index contributed by atoms with van der Waals surface area (Å²) in [4.78, 5) is 28.6. The predicted octanol–water partition coefficient (Wildman–Crippen LogP) is 4.17. The van der Waals surface area contributed by atoms with Crippen molar-refractivity contribution in [3.8, 4) is 5.75 Å². The number of para-hydroxylation sites is 2. The first kappa shape index (κ1) is 19.1. The van der Waals surface area contributed by atoms with E-state index in [1.807, 2.05) is 36.4 Å². The van der Waals surface area contributed by atoms with Gasteiger partial charge in [0.25, 0.3) is 11.8 Å². The van der Waals surface area contributed by atoms with Crippen LogP contribution in [0.4, 0.5) is 5.69 Å². The van der Waals surface area contributed by atoms with Crippen LogP contribution in [-0.2, 0) is 6.61 Å². The molecule has 0 aliphatic carbocycles. The van der Waals surface area contributed by atoms with Gasteiger partial charge in [-0.1, -0.05) is 36.4 Å². The second-order valence-corrected chi connectivity index (χ2v) is 6.67. The van der Waals surface area contributed by atoms with Gasteiger partial charge >= 0.3 is 0 Å². The fraction of sp³-hybridized carbons (Fsp3) is 0.0417. The van der Waals surface area contributed by atoms with Gasteiger partial charge in [0, 0.05) is 10.9 Å². The largest absolute Gasteiger partial charge is 0.487 e. The highest BCUT2D eigenvalue weighted by Gasteiger charge is 2.12. The van der Waals surface area contributed by atoms with Crippen LogP contribution in [0.15, 0.2) is 84.9 Å². The summed E-state index contributed by atoms with van der Waals surface area (Å²) in [6, 6.07) is 25.2. The minimum Gasteiger partial charge on any atom is -0.487 e. The van der Waals surface area contributed by atoms with Gasteiger partial charge in [0.1, 0.15) is 12.4 Å². The molecular formula is C24H19N3O3. The average molecular weight is 397 g/mol. The molecule has 0 unspecified atom stereocenters. The number of aromatic nitrogens is 1. The molecule has 0 saturated carbocycles. The van der Waals surface area contributed by atoms with Crippen molar-refractivity contribution in [3.05, 3.63) is 102 Å². The summed E-state index contributed by atoms with van der Waals surface area (Å²) in [6.45, 7) is 0.322. The second kappa shape index (κ2) is 8.45. The van der Waals surface area contributed by atoms with Crippen molar-refractivity contribution in [3.63, 3.8) is 0 Å². The lowest BCUT2D eigenvalue weighted by atomic mass is 10.1. The molecule has 0 saturated heterocycles. The molecule has 2 amide bonds. The third kappa shape index (κ3) is 4.28.